The van der Waals surface area contributed by atoms with E-state index in [-0.39, 0.29) is 6.10 Å². The third kappa shape index (κ3) is 3.52. The molecular formula is C13H18BrNO2. The Morgan fingerprint density at radius 1 is 1.47 bits per heavy atom. The molecule has 1 aromatic rings. The van der Waals surface area contributed by atoms with Crippen LogP contribution < -0.4 is 0 Å². The highest BCUT2D eigenvalue weighted by Gasteiger charge is 2.22. The Hall–Kier alpha value is -0.420. The first-order valence-corrected chi connectivity index (χ1v) is 6.68. The highest BCUT2D eigenvalue weighted by molar-refractivity contribution is 9.10. The Labute approximate surface area is 111 Å². The van der Waals surface area contributed by atoms with Crippen molar-refractivity contribution in [3.05, 3.63) is 34.3 Å². The van der Waals surface area contributed by atoms with Gasteiger partial charge in [0.15, 0.2) is 0 Å². The maximum Gasteiger partial charge on any atom is 0.0963 e. The molecular weight excluding hydrogens is 282 g/mol. The normalized spacial score (nSPS) is 21.6. The SMILES string of the molecule is COCCN1CCO[C@H](c2ccccc2Br)C1. The van der Waals surface area contributed by atoms with Crippen molar-refractivity contribution in [2.45, 2.75) is 6.10 Å². The van der Waals surface area contributed by atoms with Crippen molar-refractivity contribution >= 4 is 15.9 Å². The molecule has 1 heterocycles. The smallest absolute Gasteiger partial charge is 0.0963 e. The fraction of sp³-hybridized carbons (Fsp3) is 0.538. The average molecular weight is 300 g/mol. The van der Waals surface area contributed by atoms with Crippen LogP contribution in [-0.4, -0.2) is 44.9 Å². The molecule has 0 spiro atoms. The predicted octanol–water partition coefficient (Wildman–Crippen LogP) is 2.47. The van der Waals surface area contributed by atoms with Crippen molar-refractivity contribution in [1.82, 2.24) is 4.90 Å². The van der Waals surface area contributed by atoms with Crippen molar-refractivity contribution < 1.29 is 9.47 Å². The molecule has 3 nitrogen and oxygen atoms in total. The molecule has 0 saturated carbocycles. The summed E-state index contributed by atoms with van der Waals surface area (Å²) in [6, 6.07) is 8.26. The summed E-state index contributed by atoms with van der Waals surface area (Å²) in [5, 5.41) is 0. The van der Waals surface area contributed by atoms with E-state index in [9.17, 15) is 0 Å². The molecule has 0 bridgehead atoms. The molecule has 0 N–H and O–H groups in total. The second-order valence-electron chi connectivity index (χ2n) is 4.17. The van der Waals surface area contributed by atoms with Gasteiger partial charge in [-0.25, -0.2) is 0 Å². The molecule has 4 heteroatoms. The van der Waals surface area contributed by atoms with E-state index in [0.29, 0.717) is 0 Å². The average Bonchev–Trinajstić information content (AvgIpc) is 2.37. The lowest BCUT2D eigenvalue weighted by Crippen LogP contribution is -2.40. The number of benzene rings is 1. The van der Waals surface area contributed by atoms with Gasteiger partial charge < -0.3 is 9.47 Å². The van der Waals surface area contributed by atoms with Gasteiger partial charge in [-0.3, -0.25) is 4.90 Å². The quantitative estimate of drug-likeness (QED) is 0.852. The lowest BCUT2D eigenvalue weighted by molar-refractivity contribution is -0.0359. The summed E-state index contributed by atoms with van der Waals surface area (Å²) >= 11 is 3.58. The van der Waals surface area contributed by atoms with Crippen molar-refractivity contribution in [2.24, 2.45) is 0 Å². The minimum atomic E-state index is 0.163. The summed E-state index contributed by atoms with van der Waals surface area (Å²) in [5.74, 6) is 0. The van der Waals surface area contributed by atoms with Gasteiger partial charge in [-0.1, -0.05) is 34.1 Å². The van der Waals surface area contributed by atoms with Crippen LogP contribution in [0.1, 0.15) is 11.7 Å². The van der Waals surface area contributed by atoms with Gasteiger partial charge in [0, 0.05) is 31.2 Å². The third-order valence-electron chi connectivity index (χ3n) is 3.01. The predicted molar refractivity (Wildman–Crippen MR) is 71.2 cm³/mol. The Kier molecular flexibility index (Phi) is 4.98. The lowest BCUT2D eigenvalue weighted by atomic mass is 10.1. The summed E-state index contributed by atoms with van der Waals surface area (Å²) in [6.07, 6.45) is 0.163. The molecule has 1 aliphatic heterocycles. The number of ether oxygens (including phenoxy) is 2. The molecule has 2 rings (SSSR count). The number of morpholine rings is 1. The van der Waals surface area contributed by atoms with Crippen LogP contribution in [0.5, 0.6) is 0 Å². The Morgan fingerprint density at radius 3 is 3.06 bits per heavy atom. The zero-order chi connectivity index (χ0) is 12.1. The number of rotatable bonds is 4. The zero-order valence-corrected chi connectivity index (χ0v) is 11.6. The maximum absolute atomic E-state index is 5.84. The van der Waals surface area contributed by atoms with Gasteiger partial charge in [0.1, 0.15) is 0 Å². The first kappa shape index (κ1) is 13.0. The molecule has 94 valence electrons. The van der Waals surface area contributed by atoms with Crippen LogP contribution in [-0.2, 0) is 9.47 Å². The Morgan fingerprint density at radius 2 is 2.29 bits per heavy atom. The zero-order valence-electron chi connectivity index (χ0n) is 10.1. The third-order valence-corrected chi connectivity index (χ3v) is 3.74. The van der Waals surface area contributed by atoms with E-state index in [2.05, 4.69) is 39.0 Å². The summed E-state index contributed by atoms with van der Waals surface area (Å²) < 4.78 is 12.1. The van der Waals surface area contributed by atoms with Gasteiger partial charge in [-0.05, 0) is 11.6 Å². The monoisotopic (exact) mass is 299 g/mol. The number of hydrogen-bond acceptors (Lipinski definition) is 3. The lowest BCUT2D eigenvalue weighted by Gasteiger charge is -2.33. The number of nitrogens with zero attached hydrogens (tertiary/aromatic N) is 1. The molecule has 1 fully saturated rings. The first-order valence-electron chi connectivity index (χ1n) is 5.88. The van der Waals surface area contributed by atoms with E-state index in [1.807, 2.05) is 6.07 Å². The largest absolute Gasteiger partial charge is 0.383 e. The highest BCUT2D eigenvalue weighted by Crippen LogP contribution is 2.28. The Bertz CT molecular complexity index is 359. The fourth-order valence-corrected chi connectivity index (χ4v) is 2.59. The molecule has 1 atom stereocenters. The molecule has 1 aromatic carbocycles. The summed E-state index contributed by atoms with van der Waals surface area (Å²) in [7, 11) is 1.74. The molecule has 0 unspecified atom stereocenters. The van der Waals surface area contributed by atoms with E-state index in [4.69, 9.17) is 9.47 Å². The van der Waals surface area contributed by atoms with Crippen LogP contribution >= 0.6 is 15.9 Å². The second kappa shape index (κ2) is 6.50. The van der Waals surface area contributed by atoms with E-state index in [1.165, 1.54) is 5.56 Å². The second-order valence-corrected chi connectivity index (χ2v) is 5.03. The molecule has 0 aliphatic carbocycles. The molecule has 0 amide bonds. The first-order chi connectivity index (χ1) is 8.31. The van der Waals surface area contributed by atoms with Crippen molar-refractivity contribution in [2.75, 3.05) is 40.0 Å². The topological polar surface area (TPSA) is 21.7 Å². The summed E-state index contributed by atoms with van der Waals surface area (Å²) in [5.41, 5.74) is 1.23. The minimum absolute atomic E-state index is 0.163. The van der Waals surface area contributed by atoms with Crippen molar-refractivity contribution in [3.63, 3.8) is 0 Å². The van der Waals surface area contributed by atoms with Crippen LogP contribution in [0, 0.1) is 0 Å². The van der Waals surface area contributed by atoms with Crippen LogP contribution in [0.25, 0.3) is 0 Å². The number of methoxy groups -OCH3 is 1. The van der Waals surface area contributed by atoms with Crippen molar-refractivity contribution in [3.8, 4) is 0 Å². The van der Waals surface area contributed by atoms with Gasteiger partial charge >= 0.3 is 0 Å². The summed E-state index contributed by atoms with van der Waals surface area (Å²) in [6.45, 7) is 4.47. The molecule has 1 aliphatic rings. The van der Waals surface area contributed by atoms with E-state index in [1.54, 1.807) is 7.11 Å². The van der Waals surface area contributed by atoms with E-state index >= 15 is 0 Å². The molecule has 17 heavy (non-hydrogen) atoms. The maximum atomic E-state index is 5.84. The number of halogens is 1. The Balaban J connectivity index is 1.99. The molecule has 0 aromatic heterocycles. The fourth-order valence-electron chi connectivity index (χ4n) is 2.05. The van der Waals surface area contributed by atoms with Crippen LogP contribution in [0.4, 0.5) is 0 Å². The van der Waals surface area contributed by atoms with E-state index < -0.39 is 0 Å². The van der Waals surface area contributed by atoms with Gasteiger partial charge in [0.05, 0.1) is 19.3 Å². The van der Waals surface area contributed by atoms with Crippen LogP contribution in [0.2, 0.25) is 0 Å². The molecule has 1 saturated heterocycles. The van der Waals surface area contributed by atoms with Gasteiger partial charge in [-0.2, -0.15) is 0 Å². The van der Waals surface area contributed by atoms with Crippen LogP contribution in [0.15, 0.2) is 28.7 Å². The van der Waals surface area contributed by atoms with Crippen molar-refractivity contribution in [1.29, 1.82) is 0 Å². The van der Waals surface area contributed by atoms with Gasteiger partial charge in [0.25, 0.3) is 0 Å². The van der Waals surface area contributed by atoms with Gasteiger partial charge in [-0.15, -0.1) is 0 Å². The van der Waals surface area contributed by atoms with Gasteiger partial charge in [0.2, 0.25) is 0 Å². The minimum Gasteiger partial charge on any atom is -0.383 e. The molecule has 0 radical (unpaired) electrons. The van der Waals surface area contributed by atoms with E-state index in [0.717, 1.165) is 37.3 Å². The summed E-state index contributed by atoms with van der Waals surface area (Å²) in [4.78, 5) is 2.39. The van der Waals surface area contributed by atoms with Crippen LogP contribution in [0.3, 0.4) is 0 Å². The number of hydrogen-bond donors (Lipinski definition) is 0. The highest BCUT2D eigenvalue weighted by atomic mass is 79.9. The standard InChI is InChI=1S/C13H18BrNO2/c1-16-8-6-15-7-9-17-13(10-15)11-4-2-3-5-12(11)14/h2-5,13H,6-10H2,1H3/t13-/m0/s1.